The number of carboxylic acids is 1. The Balaban J connectivity index is 4.70. The Morgan fingerprint density at radius 1 is 0.857 bits per heavy atom. The Bertz CT molecular complexity index is 408. The summed E-state index contributed by atoms with van der Waals surface area (Å²) < 4.78 is 28.0. The lowest BCUT2D eigenvalue weighted by Crippen LogP contribution is -2.44. The molecule has 8 heteroatoms. The predicted molar refractivity (Wildman–Crippen MR) is 103 cm³/mol. The van der Waals surface area contributed by atoms with E-state index >= 15 is 0 Å². The molecule has 0 saturated carbocycles. The van der Waals surface area contributed by atoms with Crippen molar-refractivity contribution in [1.82, 2.24) is 0 Å². The van der Waals surface area contributed by atoms with Crippen molar-refractivity contribution in [3.8, 4) is 0 Å². The minimum atomic E-state index is -1.67. The van der Waals surface area contributed by atoms with Gasteiger partial charge in [-0.2, -0.15) is 0 Å². The summed E-state index contributed by atoms with van der Waals surface area (Å²) in [5.74, 6) is -3.09. The molecule has 166 valence electrons. The molecule has 0 spiro atoms. The van der Waals surface area contributed by atoms with Gasteiger partial charge >= 0.3 is 17.9 Å². The van der Waals surface area contributed by atoms with Gasteiger partial charge in [0.2, 0.25) is 0 Å². The summed E-state index contributed by atoms with van der Waals surface area (Å²) >= 11 is 0. The summed E-state index contributed by atoms with van der Waals surface area (Å²) in [6, 6.07) is 0. The van der Waals surface area contributed by atoms with Crippen LogP contribution in [-0.4, -0.2) is 48.8 Å². The van der Waals surface area contributed by atoms with E-state index in [9.17, 15) is 9.59 Å². The third-order valence-corrected chi connectivity index (χ3v) is 3.78. The topological polar surface area (TPSA) is 101 Å². The second kappa shape index (κ2) is 15.7. The molecule has 0 fully saturated rings. The van der Waals surface area contributed by atoms with E-state index in [1.807, 2.05) is 0 Å². The van der Waals surface area contributed by atoms with Crippen molar-refractivity contribution in [3.63, 3.8) is 0 Å². The summed E-state index contributed by atoms with van der Waals surface area (Å²) in [4.78, 5) is 22.7. The highest BCUT2D eigenvalue weighted by Crippen LogP contribution is 2.22. The summed E-state index contributed by atoms with van der Waals surface area (Å²) in [5.41, 5.74) is 0. The van der Waals surface area contributed by atoms with Crippen LogP contribution in [0.5, 0.6) is 0 Å². The quantitative estimate of drug-likeness (QED) is 0.205. The van der Waals surface area contributed by atoms with Gasteiger partial charge in [0.15, 0.2) is 12.6 Å². The van der Waals surface area contributed by atoms with Crippen LogP contribution in [0.3, 0.4) is 0 Å². The first-order valence-electron chi connectivity index (χ1n) is 10.2. The fraction of sp³-hybridized carbons (Fsp3) is 0.900. The minimum absolute atomic E-state index is 0.0160. The molecule has 2 unspecified atom stereocenters. The van der Waals surface area contributed by atoms with E-state index in [1.54, 1.807) is 13.8 Å². The number of aliphatic carboxylic acids is 1. The zero-order chi connectivity index (χ0) is 21.4. The van der Waals surface area contributed by atoms with Crippen LogP contribution in [0.4, 0.5) is 0 Å². The van der Waals surface area contributed by atoms with Gasteiger partial charge in [0.25, 0.3) is 0 Å². The number of hydrogen-bond acceptors (Lipinski definition) is 7. The average molecular weight is 407 g/mol. The number of rotatable bonds is 18. The van der Waals surface area contributed by atoms with Gasteiger partial charge in [0, 0.05) is 33.0 Å². The first-order chi connectivity index (χ1) is 13.2. The molecule has 0 radical (unpaired) electrons. The van der Waals surface area contributed by atoms with Gasteiger partial charge in [-0.05, 0) is 39.5 Å². The van der Waals surface area contributed by atoms with Crippen molar-refractivity contribution in [2.45, 2.75) is 105 Å². The maximum absolute atomic E-state index is 12.2. The number of unbranched alkanes of at least 4 members (excludes halogenated alkanes) is 3. The van der Waals surface area contributed by atoms with Crippen molar-refractivity contribution in [2.75, 3.05) is 13.2 Å². The Kier molecular flexibility index (Phi) is 15.0. The molecule has 0 heterocycles. The molecule has 0 aromatic rings. The van der Waals surface area contributed by atoms with Crippen molar-refractivity contribution in [3.05, 3.63) is 0 Å². The van der Waals surface area contributed by atoms with Crippen LogP contribution in [0.25, 0.3) is 0 Å². The van der Waals surface area contributed by atoms with Gasteiger partial charge in [-0.3, -0.25) is 19.1 Å². The lowest BCUT2D eigenvalue weighted by molar-refractivity contribution is -0.421. The van der Waals surface area contributed by atoms with Crippen LogP contribution < -0.4 is 0 Å². The van der Waals surface area contributed by atoms with Gasteiger partial charge in [0.05, 0.1) is 0 Å². The molecule has 0 aliphatic heterocycles. The summed E-state index contributed by atoms with van der Waals surface area (Å²) in [6.07, 6.45) is 3.40. The molecular formula is C20H38O8. The highest BCUT2D eigenvalue weighted by molar-refractivity contribution is 5.70. The van der Waals surface area contributed by atoms with E-state index in [0.717, 1.165) is 25.7 Å². The fourth-order valence-electron chi connectivity index (χ4n) is 2.34. The molecule has 8 nitrogen and oxygen atoms in total. The van der Waals surface area contributed by atoms with Crippen LogP contribution in [-0.2, 0) is 33.3 Å². The molecule has 28 heavy (non-hydrogen) atoms. The number of carbonyl (C=O) groups excluding carboxylic acids is 1. The van der Waals surface area contributed by atoms with E-state index in [4.69, 9.17) is 28.8 Å². The van der Waals surface area contributed by atoms with E-state index in [0.29, 0.717) is 26.1 Å². The van der Waals surface area contributed by atoms with Gasteiger partial charge in [0.1, 0.15) is 0 Å². The maximum Gasteiger partial charge on any atom is 0.330 e. The number of ether oxygens (including phenoxy) is 5. The molecule has 0 aromatic heterocycles. The summed E-state index contributed by atoms with van der Waals surface area (Å²) in [7, 11) is 0. The number of carboxylic acid groups (broad SMARTS) is 1. The highest BCUT2D eigenvalue weighted by Gasteiger charge is 2.36. The van der Waals surface area contributed by atoms with E-state index in [-0.39, 0.29) is 12.8 Å². The largest absolute Gasteiger partial charge is 0.481 e. The molecule has 1 N–H and O–H groups in total. The van der Waals surface area contributed by atoms with Gasteiger partial charge in [-0.1, -0.05) is 26.7 Å². The Labute approximate surface area is 168 Å². The molecule has 0 saturated heterocycles. The number of esters is 1. The Morgan fingerprint density at radius 3 is 1.75 bits per heavy atom. The summed E-state index contributed by atoms with van der Waals surface area (Å²) in [6.45, 7) is 10.1. The van der Waals surface area contributed by atoms with E-state index in [1.165, 1.54) is 6.92 Å². The van der Waals surface area contributed by atoms with Gasteiger partial charge in [-0.25, -0.2) is 0 Å². The fourth-order valence-corrected chi connectivity index (χ4v) is 2.34. The Hall–Kier alpha value is -1.22. The van der Waals surface area contributed by atoms with Crippen LogP contribution >= 0.6 is 0 Å². The van der Waals surface area contributed by atoms with Crippen LogP contribution in [0.1, 0.15) is 86.0 Å². The second-order valence-corrected chi connectivity index (χ2v) is 6.76. The highest BCUT2D eigenvalue weighted by atomic mass is 16.9. The molecular weight excluding hydrogens is 368 g/mol. The van der Waals surface area contributed by atoms with Crippen LogP contribution in [0.2, 0.25) is 0 Å². The van der Waals surface area contributed by atoms with E-state index < -0.39 is 30.5 Å². The molecule has 0 rings (SSSR count). The molecule has 0 aliphatic rings. The summed E-state index contributed by atoms with van der Waals surface area (Å²) in [5, 5.41) is 8.66. The van der Waals surface area contributed by atoms with Crippen molar-refractivity contribution in [2.24, 2.45) is 0 Å². The first kappa shape index (κ1) is 26.8. The zero-order valence-electron chi connectivity index (χ0n) is 18.0. The van der Waals surface area contributed by atoms with Crippen LogP contribution in [0.15, 0.2) is 0 Å². The first-order valence-corrected chi connectivity index (χ1v) is 10.2. The van der Waals surface area contributed by atoms with Crippen molar-refractivity contribution >= 4 is 11.9 Å². The zero-order valence-corrected chi connectivity index (χ0v) is 18.0. The molecule has 0 aliphatic carbocycles. The van der Waals surface area contributed by atoms with Crippen molar-refractivity contribution < 1.29 is 38.4 Å². The lowest BCUT2D eigenvalue weighted by Gasteiger charge is -2.33. The molecule has 0 bridgehead atoms. The SMILES string of the molecule is CCCCOC(C)OC(C)(OC(=O)CCCCC(=O)O)OC(C)OCCCC. The maximum atomic E-state index is 12.2. The molecule has 2 atom stereocenters. The predicted octanol–water partition coefficient (Wildman–Crippen LogP) is 4.21. The second-order valence-electron chi connectivity index (χ2n) is 6.76. The van der Waals surface area contributed by atoms with Gasteiger partial charge < -0.3 is 19.3 Å². The third-order valence-electron chi connectivity index (χ3n) is 3.78. The van der Waals surface area contributed by atoms with Crippen molar-refractivity contribution in [1.29, 1.82) is 0 Å². The minimum Gasteiger partial charge on any atom is -0.481 e. The Morgan fingerprint density at radius 2 is 1.32 bits per heavy atom. The smallest absolute Gasteiger partial charge is 0.330 e. The van der Waals surface area contributed by atoms with Gasteiger partial charge in [-0.15, -0.1) is 0 Å². The molecule has 0 amide bonds. The average Bonchev–Trinajstić information content (AvgIpc) is 2.58. The number of carbonyl (C=O) groups is 2. The van der Waals surface area contributed by atoms with E-state index in [2.05, 4.69) is 13.8 Å². The monoisotopic (exact) mass is 406 g/mol. The standard InChI is InChI=1S/C20H38O8/c1-6-8-14-24-16(3)26-20(5,27-17(4)25-15-9-7-2)28-19(23)13-11-10-12-18(21)22/h16-17H,6-15H2,1-5H3,(H,21,22). The lowest BCUT2D eigenvalue weighted by atomic mass is 10.2. The van der Waals surface area contributed by atoms with Crippen LogP contribution in [0, 0.1) is 0 Å². The third kappa shape index (κ3) is 14.8. The normalized spacial score (nSPS) is 15.6. The number of hydrogen-bond donors (Lipinski definition) is 1. The molecule has 0 aromatic carbocycles.